The van der Waals surface area contributed by atoms with Crippen LogP contribution in [0.1, 0.15) is 16.1 Å². The van der Waals surface area contributed by atoms with Crippen LogP contribution in [0.15, 0.2) is 54.7 Å². The Balaban J connectivity index is 1.89. The molecule has 3 aromatic rings. The summed E-state index contributed by atoms with van der Waals surface area (Å²) >= 11 is 0. The summed E-state index contributed by atoms with van der Waals surface area (Å²) < 4.78 is 1.71. The highest BCUT2D eigenvalue weighted by Crippen LogP contribution is 2.16. The Kier molecular flexibility index (Phi) is 2.88. The van der Waals surface area contributed by atoms with E-state index in [4.69, 9.17) is 0 Å². The topological polar surface area (TPSA) is 34.9 Å². The first-order valence-corrected chi connectivity index (χ1v) is 6.23. The number of aromatic nitrogens is 2. The number of ketones is 1. The van der Waals surface area contributed by atoms with Crippen molar-refractivity contribution in [2.45, 2.75) is 6.42 Å². The molecule has 2 aromatic carbocycles. The summed E-state index contributed by atoms with van der Waals surface area (Å²) in [5, 5.41) is 6.48. The largest absolute Gasteiger partial charge is 0.294 e. The smallest absolute Gasteiger partial charge is 0.168 e. The lowest BCUT2D eigenvalue weighted by Crippen LogP contribution is -2.04. The van der Waals surface area contributed by atoms with Crippen molar-refractivity contribution in [2.24, 2.45) is 7.05 Å². The number of fused-ring (bicyclic) bond motifs is 1. The molecule has 0 atom stereocenters. The molecule has 0 spiro atoms. The molecule has 0 radical (unpaired) electrons. The summed E-state index contributed by atoms with van der Waals surface area (Å²) in [6.45, 7) is 0. The second kappa shape index (κ2) is 4.69. The molecule has 94 valence electrons. The van der Waals surface area contributed by atoms with E-state index in [0.717, 1.165) is 22.0 Å². The molecular formula is C16H14N2O. The van der Waals surface area contributed by atoms with E-state index < -0.39 is 0 Å². The Bertz CT molecular complexity index is 743. The average molecular weight is 250 g/mol. The van der Waals surface area contributed by atoms with Gasteiger partial charge in [-0.05, 0) is 22.9 Å². The molecule has 0 bridgehead atoms. The Morgan fingerprint density at radius 2 is 1.89 bits per heavy atom. The van der Waals surface area contributed by atoms with Crippen molar-refractivity contribution in [3.05, 3.63) is 66.0 Å². The van der Waals surface area contributed by atoms with Crippen LogP contribution in [0, 0.1) is 0 Å². The van der Waals surface area contributed by atoms with Crippen LogP contribution < -0.4 is 0 Å². The molecule has 0 aliphatic heterocycles. The summed E-state index contributed by atoms with van der Waals surface area (Å²) in [6.07, 6.45) is 2.20. The van der Waals surface area contributed by atoms with Gasteiger partial charge in [0.15, 0.2) is 5.78 Å². The lowest BCUT2D eigenvalue weighted by molar-refractivity contribution is 0.0992. The van der Waals surface area contributed by atoms with Crippen molar-refractivity contribution in [3.63, 3.8) is 0 Å². The minimum absolute atomic E-state index is 0.101. The van der Waals surface area contributed by atoms with Gasteiger partial charge in [-0.2, -0.15) is 5.10 Å². The van der Waals surface area contributed by atoms with Gasteiger partial charge in [0.2, 0.25) is 0 Å². The SMILES string of the molecule is Cn1ccc(CC(=O)c2ccc3ccccc3c2)n1. The molecule has 19 heavy (non-hydrogen) atoms. The van der Waals surface area contributed by atoms with Crippen LogP contribution >= 0.6 is 0 Å². The van der Waals surface area contributed by atoms with Gasteiger partial charge in [-0.15, -0.1) is 0 Å². The number of aryl methyl sites for hydroxylation is 1. The molecule has 0 saturated carbocycles. The molecule has 0 amide bonds. The van der Waals surface area contributed by atoms with Crippen molar-refractivity contribution in [2.75, 3.05) is 0 Å². The first-order chi connectivity index (χ1) is 9.22. The Morgan fingerprint density at radius 3 is 2.63 bits per heavy atom. The molecule has 0 saturated heterocycles. The van der Waals surface area contributed by atoms with Gasteiger partial charge in [0.05, 0.1) is 12.1 Å². The quantitative estimate of drug-likeness (QED) is 0.670. The average Bonchev–Trinajstić information content (AvgIpc) is 2.83. The van der Waals surface area contributed by atoms with Crippen molar-refractivity contribution in [3.8, 4) is 0 Å². The van der Waals surface area contributed by atoms with Crippen LogP contribution in [0.5, 0.6) is 0 Å². The Hall–Kier alpha value is -2.42. The molecule has 3 heteroatoms. The zero-order valence-corrected chi connectivity index (χ0v) is 10.7. The molecule has 3 nitrogen and oxygen atoms in total. The van der Waals surface area contributed by atoms with Gasteiger partial charge in [-0.3, -0.25) is 9.48 Å². The van der Waals surface area contributed by atoms with E-state index in [1.54, 1.807) is 4.68 Å². The van der Waals surface area contributed by atoms with E-state index in [2.05, 4.69) is 5.10 Å². The maximum atomic E-state index is 12.2. The van der Waals surface area contributed by atoms with Gasteiger partial charge in [0.1, 0.15) is 0 Å². The van der Waals surface area contributed by atoms with Crippen LogP contribution in [0.2, 0.25) is 0 Å². The first kappa shape index (κ1) is 11.7. The molecular weight excluding hydrogens is 236 g/mol. The number of benzene rings is 2. The van der Waals surface area contributed by atoms with E-state index in [-0.39, 0.29) is 5.78 Å². The summed E-state index contributed by atoms with van der Waals surface area (Å²) in [4.78, 5) is 12.2. The minimum atomic E-state index is 0.101. The number of hydrogen-bond acceptors (Lipinski definition) is 2. The van der Waals surface area contributed by atoms with Crippen molar-refractivity contribution >= 4 is 16.6 Å². The van der Waals surface area contributed by atoms with Gasteiger partial charge in [0.25, 0.3) is 0 Å². The molecule has 1 aromatic heterocycles. The Labute approximate surface area is 111 Å². The number of hydrogen-bond donors (Lipinski definition) is 0. The number of Topliss-reactive ketones (excluding diaryl/α,β-unsaturated/α-hetero) is 1. The lowest BCUT2D eigenvalue weighted by Gasteiger charge is -2.02. The molecule has 0 unspecified atom stereocenters. The second-order valence-electron chi connectivity index (χ2n) is 4.64. The van der Waals surface area contributed by atoms with Gasteiger partial charge >= 0.3 is 0 Å². The zero-order valence-electron chi connectivity index (χ0n) is 10.7. The monoisotopic (exact) mass is 250 g/mol. The number of carbonyl (C=O) groups is 1. The van der Waals surface area contributed by atoms with Gasteiger partial charge in [-0.25, -0.2) is 0 Å². The van der Waals surface area contributed by atoms with Gasteiger partial charge < -0.3 is 0 Å². The fraction of sp³-hybridized carbons (Fsp3) is 0.125. The van der Waals surface area contributed by atoms with Crippen LogP contribution in [0.25, 0.3) is 10.8 Å². The lowest BCUT2D eigenvalue weighted by atomic mass is 10.0. The summed E-state index contributed by atoms with van der Waals surface area (Å²) in [7, 11) is 1.85. The third-order valence-corrected chi connectivity index (χ3v) is 3.18. The zero-order chi connectivity index (χ0) is 13.2. The molecule has 0 fully saturated rings. The highest BCUT2D eigenvalue weighted by molar-refractivity contribution is 6.00. The number of rotatable bonds is 3. The Morgan fingerprint density at radius 1 is 1.11 bits per heavy atom. The highest BCUT2D eigenvalue weighted by Gasteiger charge is 2.09. The second-order valence-corrected chi connectivity index (χ2v) is 4.64. The summed E-state index contributed by atoms with van der Waals surface area (Å²) in [6, 6.07) is 15.7. The van der Waals surface area contributed by atoms with Crippen LogP contribution in [0.3, 0.4) is 0 Å². The first-order valence-electron chi connectivity index (χ1n) is 6.23. The summed E-state index contributed by atoms with van der Waals surface area (Å²) in [5.41, 5.74) is 1.55. The van der Waals surface area contributed by atoms with Crippen LogP contribution in [-0.4, -0.2) is 15.6 Å². The van der Waals surface area contributed by atoms with Crippen molar-refractivity contribution in [1.29, 1.82) is 0 Å². The maximum Gasteiger partial charge on any atom is 0.168 e. The fourth-order valence-corrected chi connectivity index (χ4v) is 2.19. The van der Waals surface area contributed by atoms with E-state index in [1.165, 1.54) is 0 Å². The third kappa shape index (κ3) is 2.40. The van der Waals surface area contributed by atoms with E-state index in [0.29, 0.717) is 6.42 Å². The minimum Gasteiger partial charge on any atom is -0.294 e. The van der Waals surface area contributed by atoms with Crippen LogP contribution in [-0.2, 0) is 13.5 Å². The molecule has 0 N–H and O–H groups in total. The van der Waals surface area contributed by atoms with Crippen LogP contribution in [0.4, 0.5) is 0 Å². The highest BCUT2D eigenvalue weighted by atomic mass is 16.1. The molecule has 0 aliphatic carbocycles. The molecule has 1 heterocycles. The fourth-order valence-electron chi connectivity index (χ4n) is 2.19. The molecule has 3 rings (SSSR count). The van der Waals surface area contributed by atoms with Gasteiger partial charge in [-0.1, -0.05) is 36.4 Å². The predicted molar refractivity (Wildman–Crippen MR) is 75.2 cm³/mol. The van der Waals surface area contributed by atoms with E-state index in [9.17, 15) is 4.79 Å². The number of nitrogens with zero attached hydrogens (tertiary/aromatic N) is 2. The van der Waals surface area contributed by atoms with Crippen molar-refractivity contribution < 1.29 is 4.79 Å². The van der Waals surface area contributed by atoms with Crippen molar-refractivity contribution in [1.82, 2.24) is 9.78 Å². The van der Waals surface area contributed by atoms with E-state index >= 15 is 0 Å². The maximum absolute atomic E-state index is 12.2. The standard InChI is InChI=1S/C16H14N2O/c1-18-9-8-15(17-18)11-16(19)14-7-6-12-4-2-3-5-13(12)10-14/h2-10H,11H2,1H3. The van der Waals surface area contributed by atoms with Gasteiger partial charge in [0, 0.05) is 18.8 Å². The number of carbonyl (C=O) groups excluding carboxylic acids is 1. The predicted octanol–water partition coefficient (Wildman–Crippen LogP) is 3.00. The normalized spacial score (nSPS) is 10.8. The summed E-state index contributed by atoms with van der Waals surface area (Å²) in [5.74, 6) is 0.101. The van der Waals surface area contributed by atoms with E-state index in [1.807, 2.05) is 61.8 Å². The third-order valence-electron chi connectivity index (χ3n) is 3.18. The molecule has 0 aliphatic rings.